The fraction of sp³-hybridized carbons (Fsp3) is 0.120. The number of nitro benzene ring substituents is 1. The molecule has 0 N–H and O–H groups in total. The number of aryl methyl sites for hydroxylation is 1. The van der Waals surface area contributed by atoms with Crippen molar-refractivity contribution in [2.24, 2.45) is 0 Å². The van der Waals surface area contributed by atoms with Crippen molar-refractivity contribution in [2.75, 3.05) is 0 Å². The number of rotatable bonds is 6. The maximum Gasteiger partial charge on any atom is 0.287 e. The second-order valence-electron chi connectivity index (χ2n) is 8.06. The van der Waals surface area contributed by atoms with Gasteiger partial charge in [-0.2, -0.15) is 5.01 Å². The molecule has 0 aliphatic carbocycles. The molecule has 0 unspecified atom stereocenters. The van der Waals surface area contributed by atoms with Gasteiger partial charge in [-0.3, -0.25) is 29.3 Å². The van der Waals surface area contributed by atoms with Gasteiger partial charge >= 0.3 is 0 Å². The number of amides is 3. The van der Waals surface area contributed by atoms with Gasteiger partial charge in [0, 0.05) is 17.2 Å². The third kappa shape index (κ3) is 4.23. The molecular weight excluding hydrogens is 509 g/mol. The molecule has 1 atom stereocenters. The standard InChI is InChI=1S/C25H17Cl2N3O6/c1-13-6-8-15(9-7-13)22(31)14(2)28(23(32)16-10-11-18(26)19(27)12-16)29-24(33)17-4-3-5-20(30(35)36)21(17)25(29)34/h3-12,14H,1-2H3/t14-/m1/s1. The van der Waals surface area contributed by atoms with Crippen molar-refractivity contribution in [3.8, 4) is 0 Å². The number of hydrogen-bond donors (Lipinski definition) is 0. The summed E-state index contributed by atoms with van der Waals surface area (Å²) in [6.45, 7) is 3.19. The maximum atomic E-state index is 13.7. The Hall–Kier alpha value is -4.08. The third-order valence-corrected chi connectivity index (χ3v) is 6.48. The van der Waals surface area contributed by atoms with Gasteiger partial charge in [-0.25, -0.2) is 5.01 Å². The Bertz CT molecular complexity index is 1450. The zero-order valence-electron chi connectivity index (χ0n) is 18.9. The van der Waals surface area contributed by atoms with Crippen LogP contribution in [0.3, 0.4) is 0 Å². The van der Waals surface area contributed by atoms with Gasteiger partial charge in [-0.15, -0.1) is 0 Å². The molecule has 0 bridgehead atoms. The van der Waals surface area contributed by atoms with E-state index in [4.69, 9.17) is 23.2 Å². The zero-order chi connectivity index (χ0) is 26.3. The Labute approximate surface area is 214 Å². The average molecular weight is 526 g/mol. The van der Waals surface area contributed by atoms with Crippen LogP contribution in [0.1, 0.15) is 53.9 Å². The first-order valence-corrected chi connectivity index (χ1v) is 11.3. The lowest BCUT2D eigenvalue weighted by Gasteiger charge is -2.34. The quantitative estimate of drug-likeness (QED) is 0.190. The number of ketones is 1. The lowest BCUT2D eigenvalue weighted by Crippen LogP contribution is -2.56. The van der Waals surface area contributed by atoms with Crippen LogP contribution in [0.5, 0.6) is 0 Å². The van der Waals surface area contributed by atoms with Crippen LogP contribution in [0.25, 0.3) is 0 Å². The number of carbonyl (C=O) groups excluding carboxylic acids is 4. The second-order valence-corrected chi connectivity index (χ2v) is 8.88. The third-order valence-electron chi connectivity index (χ3n) is 5.74. The van der Waals surface area contributed by atoms with Crippen LogP contribution in [0.15, 0.2) is 60.7 Å². The molecule has 0 radical (unpaired) electrons. The summed E-state index contributed by atoms with van der Waals surface area (Å²) >= 11 is 12.0. The average Bonchev–Trinajstić information content (AvgIpc) is 3.11. The molecule has 11 heteroatoms. The van der Waals surface area contributed by atoms with E-state index in [-0.39, 0.29) is 26.7 Å². The Kier molecular flexibility index (Phi) is 6.62. The van der Waals surface area contributed by atoms with Gasteiger partial charge < -0.3 is 0 Å². The lowest BCUT2D eigenvalue weighted by atomic mass is 10.0. The summed E-state index contributed by atoms with van der Waals surface area (Å²) in [6, 6.07) is 12.7. The smallest absolute Gasteiger partial charge is 0.287 e. The minimum atomic E-state index is -1.35. The van der Waals surface area contributed by atoms with Crippen molar-refractivity contribution < 1.29 is 24.1 Å². The molecule has 0 saturated carbocycles. The first-order valence-electron chi connectivity index (χ1n) is 10.6. The van der Waals surface area contributed by atoms with Crippen LogP contribution >= 0.6 is 23.2 Å². The summed E-state index contributed by atoms with van der Waals surface area (Å²) in [5, 5.41) is 12.9. The van der Waals surface area contributed by atoms with E-state index in [1.165, 1.54) is 37.3 Å². The summed E-state index contributed by atoms with van der Waals surface area (Å²) in [7, 11) is 0. The molecule has 36 heavy (non-hydrogen) atoms. The van der Waals surface area contributed by atoms with Crippen LogP contribution < -0.4 is 0 Å². The fourth-order valence-corrected chi connectivity index (χ4v) is 4.17. The van der Waals surface area contributed by atoms with E-state index in [1.807, 2.05) is 6.92 Å². The monoisotopic (exact) mass is 525 g/mol. The fourth-order valence-electron chi connectivity index (χ4n) is 3.87. The molecule has 182 valence electrons. The number of imide groups is 1. The molecule has 0 fully saturated rings. The maximum absolute atomic E-state index is 13.7. The van der Waals surface area contributed by atoms with Crippen molar-refractivity contribution in [1.29, 1.82) is 0 Å². The number of carbonyl (C=O) groups is 4. The van der Waals surface area contributed by atoms with E-state index in [2.05, 4.69) is 0 Å². The topological polar surface area (TPSA) is 118 Å². The SMILES string of the molecule is Cc1ccc(C(=O)[C@@H](C)N(C(=O)c2ccc(Cl)c(Cl)c2)N2C(=O)c3cccc([N+](=O)[O-])c3C2=O)cc1. The van der Waals surface area contributed by atoms with Gasteiger partial charge in [0.1, 0.15) is 11.6 Å². The van der Waals surface area contributed by atoms with Crippen LogP contribution in [-0.4, -0.2) is 44.5 Å². The zero-order valence-corrected chi connectivity index (χ0v) is 20.4. The van der Waals surface area contributed by atoms with Crippen LogP contribution in [0, 0.1) is 17.0 Å². The molecule has 1 aliphatic rings. The van der Waals surface area contributed by atoms with Crippen molar-refractivity contribution in [1.82, 2.24) is 10.0 Å². The molecule has 0 saturated heterocycles. The number of hydrazine groups is 1. The Morgan fingerprint density at radius 3 is 2.19 bits per heavy atom. The van der Waals surface area contributed by atoms with Crippen molar-refractivity contribution in [2.45, 2.75) is 19.9 Å². The predicted molar refractivity (Wildman–Crippen MR) is 131 cm³/mol. The molecule has 4 rings (SSSR count). The van der Waals surface area contributed by atoms with Crippen molar-refractivity contribution in [3.05, 3.63) is 109 Å². The van der Waals surface area contributed by atoms with Gasteiger partial charge in [0.05, 0.1) is 20.5 Å². The summed E-state index contributed by atoms with van der Waals surface area (Å²) in [5.41, 5.74) is -0.226. The molecule has 1 aliphatic heterocycles. The largest absolute Gasteiger partial charge is 0.292 e. The number of nitrogens with zero attached hydrogens (tertiary/aromatic N) is 3. The highest BCUT2D eigenvalue weighted by Crippen LogP contribution is 2.34. The summed E-state index contributed by atoms with van der Waals surface area (Å²) in [5.74, 6) is -3.54. The first-order chi connectivity index (χ1) is 17.0. The minimum absolute atomic E-state index is 0.0398. The molecule has 0 spiro atoms. The number of nitro groups is 1. The Morgan fingerprint density at radius 2 is 1.58 bits per heavy atom. The van der Waals surface area contributed by atoms with Gasteiger partial charge in [-0.1, -0.05) is 59.1 Å². The summed E-state index contributed by atoms with van der Waals surface area (Å²) < 4.78 is 0. The van der Waals surface area contributed by atoms with Gasteiger partial charge in [-0.05, 0) is 38.1 Å². The Morgan fingerprint density at radius 1 is 0.944 bits per heavy atom. The van der Waals surface area contributed by atoms with Crippen molar-refractivity contribution in [3.63, 3.8) is 0 Å². The summed E-state index contributed by atoms with van der Waals surface area (Å²) in [6.07, 6.45) is 0. The van der Waals surface area contributed by atoms with E-state index in [1.54, 1.807) is 24.3 Å². The molecule has 1 heterocycles. The predicted octanol–water partition coefficient (Wildman–Crippen LogP) is 5.13. The van der Waals surface area contributed by atoms with Gasteiger partial charge in [0.15, 0.2) is 5.78 Å². The minimum Gasteiger partial charge on any atom is -0.292 e. The van der Waals surface area contributed by atoms with E-state index in [0.717, 1.165) is 11.6 Å². The van der Waals surface area contributed by atoms with Gasteiger partial charge in [0.2, 0.25) is 0 Å². The lowest BCUT2D eigenvalue weighted by molar-refractivity contribution is -0.385. The van der Waals surface area contributed by atoms with E-state index in [9.17, 15) is 29.3 Å². The molecule has 3 aromatic carbocycles. The van der Waals surface area contributed by atoms with Gasteiger partial charge in [0.25, 0.3) is 23.4 Å². The molecule has 0 aromatic heterocycles. The molecule has 3 aromatic rings. The normalized spacial score (nSPS) is 13.4. The number of benzene rings is 3. The number of halogens is 2. The number of Topliss-reactive ketones (excluding diaryl/α,β-unsaturated/α-hetero) is 1. The second kappa shape index (κ2) is 9.52. The molecular formula is C25H17Cl2N3O6. The van der Waals surface area contributed by atoms with E-state index >= 15 is 0 Å². The van der Waals surface area contributed by atoms with Crippen LogP contribution in [-0.2, 0) is 0 Å². The molecule has 9 nitrogen and oxygen atoms in total. The van der Waals surface area contributed by atoms with E-state index in [0.29, 0.717) is 10.0 Å². The van der Waals surface area contributed by atoms with Crippen molar-refractivity contribution >= 4 is 52.4 Å². The van der Waals surface area contributed by atoms with Crippen LogP contribution in [0.2, 0.25) is 10.0 Å². The highest BCUT2D eigenvalue weighted by molar-refractivity contribution is 6.42. The number of hydrogen-bond acceptors (Lipinski definition) is 6. The molecule has 3 amide bonds. The Balaban J connectivity index is 1.85. The summed E-state index contributed by atoms with van der Waals surface area (Å²) in [4.78, 5) is 64.5. The first kappa shape index (κ1) is 25.0. The van der Waals surface area contributed by atoms with E-state index < -0.39 is 45.7 Å². The van der Waals surface area contributed by atoms with Crippen LogP contribution in [0.4, 0.5) is 5.69 Å². The highest BCUT2D eigenvalue weighted by Gasteiger charge is 2.48. The highest BCUT2D eigenvalue weighted by atomic mass is 35.5. The number of fused-ring (bicyclic) bond motifs is 1.